The van der Waals surface area contributed by atoms with E-state index in [1.165, 1.54) is 22.6 Å². The summed E-state index contributed by atoms with van der Waals surface area (Å²) in [5, 5.41) is 40.4. The maximum absolute atomic E-state index is 9.60. The molecule has 0 N–H and O–H groups in total. The highest BCUT2D eigenvalue weighted by molar-refractivity contribution is 7.14. The highest BCUT2D eigenvalue weighted by Gasteiger charge is 2.50. The summed E-state index contributed by atoms with van der Waals surface area (Å²) in [4.78, 5) is 13.1. The van der Waals surface area contributed by atoms with Crippen LogP contribution in [0.4, 0.5) is 0 Å². The summed E-state index contributed by atoms with van der Waals surface area (Å²) in [5.41, 5.74) is 7.65. The average Bonchev–Trinajstić information content (AvgIpc) is 3.90. The maximum atomic E-state index is 9.60. The van der Waals surface area contributed by atoms with Crippen molar-refractivity contribution in [2.24, 2.45) is 11.8 Å². The quantitative estimate of drug-likeness (QED) is 0.275. The Hall–Kier alpha value is -5.26. The molecule has 2 atom stereocenters. The van der Waals surface area contributed by atoms with Crippen LogP contribution in [-0.4, -0.2) is 9.97 Å². The van der Waals surface area contributed by atoms with Crippen molar-refractivity contribution in [2.75, 3.05) is 0 Å². The molecule has 0 aromatic carbocycles. The van der Waals surface area contributed by atoms with E-state index in [-0.39, 0.29) is 23.0 Å². The minimum Gasteiger partial charge on any atom is -0.481 e. The van der Waals surface area contributed by atoms with Crippen LogP contribution < -0.4 is 0 Å². The van der Waals surface area contributed by atoms with Gasteiger partial charge < -0.3 is 9.47 Å². The predicted molar refractivity (Wildman–Crippen MR) is 215 cm³/mol. The van der Waals surface area contributed by atoms with Crippen LogP contribution in [0.2, 0.25) is 0 Å². The molecular formula is C46H40N6O2S2. The Balaban J connectivity index is 1.06. The SMILES string of the molecule is N#CC(C#N)=C1C=C(c2nc3c(s2)C2=CC4C=C5OC6(CCCCC6)c6nc(C7=CC(=C(C#N)C#N)CCC7)sc6C5=CC4C=C2OC32CCCCC2)CCC1. The van der Waals surface area contributed by atoms with E-state index < -0.39 is 11.2 Å². The number of aromatic nitrogens is 2. The van der Waals surface area contributed by atoms with Gasteiger partial charge >= 0.3 is 0 Å². The monoisotopic (exact) mass is 772 g/mol. The molecule has 8 aliphatic rings. The van der Waals surface area contributed by atoms with Gasteiger partial charge in [-0.25, -0.2) is 9.97 Å². The molecule has 0 amide bonds. The van der Waals surface area contributed by atoms with Gasteiger partial charge in [0.2, 0.25) is 0 Å². The summed E-state index contributed by atoms with van der Waals surface area (Å²) in [7, 11) is 0. The molecule has 0 saturated heterocycles. The van der Waals surface area contributed by atoms with Gasteiger partial charge in [0.15, 0.2) is 11.2 Å². The molecule has 10 rings (SSSR count). The molecule has 8 nitrogen and oxygen atoms in total. The lowest BCUT2D eigenvalue weighted by Crippen LogP contribution is -2.38. The summed E-state index contributed by atoms with van der Waals surface area (Å²) in [6.07, 6.45) is 29.0. The van der Waals surface area contributed by atoms with E-state index in [2.05, 4.69) is 48.6 Å². The van der Waals surface area contributed by atoms with Crippen LogP contribution in [0.1, 0.15) is 134 Å². The molecule has 2 spiro atoms. The fourth-order valence-corrected chi connectivity index (χ4v) is 12.7. The van der Waals surface area contributed by atoms with Crippen molar-refractivity contribution in [2.45, 2.75) is 114 Å². The van der Waals surface area contributed by atoms with Crippen LogP contribution >= 0.6 is 22.7 Å². The molecule has 2 aliphatic heterocycles. The highest BCUT2D eigenvalue weighted by Crippen LogP contribution is 2.58. The topological polar surface area (TPSA) is 139 Å². The number of ether oxygens (including phenoxy) is 2. The van der Waals surface area contributed by atoms with Gasteiger partial charge in [-0.2, -0.15) is 21.0 Å². The third-order valence-corrected chi connectivity index (χ3v) is 15.4. The first-order chi connectivity index (χ1) is 27.4. The van der Waals surface area contributed by atoms with E-state index in [0.717, 1.165) is 156 Å². The molecule has 2 unspecified atom stereocenters. The largest absolute Gasteiger partial charge is 0.481 e. The molecule has 2 fully saturated rings. The zero-order valence-corrected chi connectivity index (χ0v) is 32.9. The Bertz CT molecular complexity index is 2300. The third-order valence-electron chi connectivity index (χ3n) is 13.0. The van der Waals surface area contributed by atoms with E-state index in [1.54, 1.807) is 22.7 Å². The van der Waals surface area contributed by atoms with Crippen molar-refractivity contribution >= 4 is 45.0 Å². The Kier molecular flexibility index (Phi) is 8.63. The first kappa shape index (κ1) is 35.2. The van der Waals surface area contributed by atoms with E-state index in [4.69, 9.17) is 19.4 Å². The molecular weight excluding hydrogens is 733 g/mol. The van der Waals surface area contributed by atoms with Crippen molar-refractivity contribution in [1.82, 2.24) is 9.97 Å². The lowest BCUT2D eigenvalue weighted by atomic mass is 9.73. The number of nitriles is 4. The normalized spacial score (nSPS) is 25.1. The number of hydrogen-bond donors (Lipinski definition) is 0. The van der Waals surface area contributed by atoms with Gasteiger partial charge in [-0.05, 0) is 124 Å². The van der Waals surface area contributed by atoms with Crippen molar-refractivity contribution in [3.8, 4) is 24.3 Å². The summed E-state index contributed by atoms with van der Waals surface area (Å²) >= 11 is 3.48. The van der Waals surface area contributed by atoms with Crippen molar-refractivity contribution < 1.29 is 9.47 Å². The van der Waals surface area contributed by atoms with Crippen LogP contribution in [0.15, 0.2) is 70.3 Å². The lowest BCUT2D eigenvalue weighted by molar-refractivity contribution is -0.0374. The van der Waals surface area contributed by atoms with Crippen molar-refractivity contribution in [3.05, 3.63) is 101 Å². The first-order valence-electron chi connectivity index (χ1n) is 20.2. The number of hydrogen-bond acceptors (Lipinski definition) is 10. The molecule has 6 aliphatic carbocycles. The Morgan fingerprint density at radius 3 is 1.36 bits per heavy atom. The number of rotatable bonds is 2. The van der Waals surface area contributed by atoms with Crippen LogP contribution in [0.3, 0.4) is 0 Å². The van der Waals surface area contributed by atoms with Gasteiger partial charge in [-0.15, -0.1) is 22.7 Å². The van der Waals surface area contributed by atoms with Gasteiger partial charge in [0, 0.05) is 23.0 Å². The zero-order valence-electron chi connectivity index (χ0n) is 31.2. The van der Waals surface area contributed by atoms with Gasteiger partial charge in [0.1, 0.15) is 68.3 Å². The molecule has 4 heterocycles. The molecule has 0 bridgehead atoms. The van der Waals surface area contributed by atoms with E-state index >= 15 is 0 Å². The predicted octanol–water partition coefficient (Wildman–Crippen LogP) is 11.3. The van der Waals surface area contributed by atoms with Crippen LogP contribution in [-0.2, 0) is 20.7 Å². The van der Waals surface area contributed by atoms with Gasteiger partial charge in [-0.3, -0.25) is 0 Å². The molecule has 56 heavy (non-hydrogen) atoms. The molecule has 2 saturated carbocycles. The highest BCUT2D eigenvalue weighted by atomic mass is 32.1. The van der Waals surface area contributed by atoms with E-state index in [1.807, 2.05) is 12.2 Å². The van der Waals surface area contributed by atoms with Crippen LogP contribution in [0.25, 0.3) is 22.3 Å². The first-order valence-corrected chi connectivity index (χ1v) is 21.9. The number of thiazole rings is 2. The molecule has 0 radical (unpaired) electrons. The number of allylic oxidation sites excluding steroid dienone is 14. The van der Waals surface area contributed by atoms with Crippen molar-refractivity contribution in [3.63, 3.8) is 0 Å². The lowest BCUT2D eigenvalue weighted by Gasteiger charge is -2.45. The third kappa shape index (κ3) is 5.61. The standard InChI is InChI=1S/C46H40N6O2S2/c47-23-33(24-48)27-9-7-11-29(17-27)43-51-41-39(55-43)35-19-32-22-38-36(20-31(32)21-37(35)53-45(41)13-3-1-4-14-45)40-42(46(54-38)15-5-2-6-16-46)52-44(56-40)30-12-8-10-28(18-30)34(25-49)26-50/h17-22,31-32H,1-16H2. The maximum Gasteiger partial charge on any atom is 0.152 e. The summed E-state index contributed by atoms with van der Waals surface area (Å²) < 4.78 is 14.4. The molecule has 278 valence electrons. The molecule has 2 aromatic heterocycles. The van der Waals surface area contributed by atoms with Crippen LogP contribution in [0, 0.1) is 57.2 Å². The fourth-order valence-electron chi connectivity index (χ4n) is 10.2. The zero-order chi connectivity index (χ0) is 38.0. The van der Waals surface area contributed by atoms with Crippen molar-refractivity contribution in [1.29, 1.82) is 21.0 Å². The number of nitrogens with zero attached hydrogens (tertiary/aromatic N) is 6. The Morgan fingerprint density at radius 1 is 0.554 bits per heavy atom. The second-order valence-corrected chi connectivity index (χ2v) is 18.4. The van der Waals surface area contributed by atoms with Gasteiger partial charge in [-0.1, -0.05) is 37.1 Å². The van der Waals surface area contributed by atoms with Gasteiger partial charge in [0.25, 0.3) is 0 Å². The Labute approximate surface area is 335 Å². The summed E-state index contributed by atoms with van der Waals surface area (Å²) in [6, 6.07) is 8.38. The smallest absolute Gasteiger partial charge is 0.152 e. The molecule has 2 aromatic rings. The van der Waals surface area contributed by atoms with E-state index in [0.29, 0.717) is 0 Å². The minimum atomic E-state index is -0.460. The molecule has 10 heteroatoms. The Morgan fingerprint density at radius 2 is 0.964 bits per heavy atom. The minimum absolute atomic E-state index is 0.0888. The average molecular weight is 773 g/mol. The van der Waals surface area contributed by atoms with E-state index in [9.17, 15) is 21.0 Å². The summed E-state index contributed by atoms with van der Waals surface area (Å²) in [5.74, 6) is 2.07. The van der Waals surface area contributed by atoms with Crippen LogP contribution in [0.5, 0.6) is 0 Å². The van der Waals surface area contributed by atoms with Gasteiger partial charge in [0.05, 0.1) is 9.75 Å². The fraction of sp³-hybridized carbons (Fsp3) is 0.435. The summed E-state index contributed by atoms with van der Waals surface area (Å²) in [6.45, 7) is 0. The second kappa shape index (κ2) is 13.7. The second-order valence-electron chi connectivity index (χ2n) is 16.4. The number of fused-ring (bicyclic) bond motifs is 9.